The molecule has 4 heteroatoms. The molecule has 1 rings (SSSR count). The standard InChI is InChI=1S/C9H7N3O/c10-2-1-6-3-8(13)4-7(5-11)9(6)12/h3-4,13H,1,12H2. The van der Waals surface area contributed by atoms with Crippen LogP contribution in [0.4, 0.5) is 5.69 Å². The second-order valence-corrected chi connectivity index (χ2v) is 2.51. The first-order valence-corrected chi connectivity index (χ1v) is 3.57. The summed E-state index contributed by atoms with van der Waals surface area (Å²) in [6.45, 7) is 0. The van der Waals surface area contributed by atoms with Gasteiger partial charge in [-0.25, -0.2) is 0 Å². The molecule has 0 bridgehead atoms. The highest BCUT2D eigenvalue weighted by molar-refractivity contribution is 5.62. The molecular weight excluding hydrogens is 166 g/mol. The molecule has 0 spiro atoms. The highest BCUT2D eigenvalue weighted by atomic mass is 16.3. The zero-order valence-electron chi connectivity index (χ0n) is 6.78. The van der Waals surface area contributed by atoms with Crippen molar-refractivity contribution in [2.45, 2.75) is 6.42 Å². The van der Waals surface area contributed by atoms with Crippen LogP contribution in [0.1, 0.15) is 11.1 Å². The number of nitrogen functional groups attached to an aromatic ring is 1. The first-order valence-electron chi connectivity index (χ1n) is 3.57. The van der Waals surface area contributed by atoms with Gasteiger partial charge in [0, 0.05) is 0 Å². The van der Waals surface area contributed by atoms with Gasteiger partial charge in [-0.3, -0.25) is 0 Å². The van der Waals surface area contributed by atoms with E-state index in [9.17, 15) is 0 Å². The maximum absolute atomic E-state index is 9.16. The van der Waals surface area contributed by atoms with E-state index in [4.69, 9.17) is 21.4 Å². The van der Waals surface area contributed by atoms with Gasteiger partial charge in [0.2, 0.25) is 0 Å². The molecule has 0 amide bonds. The van der Waals surface area contributed by atoms with Crippen molar-refractivity contribution >= 4 is 5.69 Å². The lowest BCUT2D eigenvalue weighted by Gasteiger charge is -2.03. The van der Waals surface area contributed by atoms with Crippen LogP contribution in [0.3, 0.4) is 0 Å². The number of anilines is 1. The molecule has 0 heterocycles. The number of nitriles is 2. The second kappa shape index (κ2) is 3.46. The fourth-order valence-electron chi connectivity index (χ4n) is 1.02. The molecule has 64 valence electrons. The minimum absolute atomic E-state index is 0.0454. The van der Waals surface area contributed by atoms with E-state index in [1.54, 1.807) is 0 Å². The molecule has 3 N–H and O–H groups in total. The van der Waals surface area contributed by atoms with Crippen LogP contribution in [-0.4, -0.2) is 5.11 Å². The molecule has 0 unspecified atom stereocenters. The van der Waals surface area contributed by atoms with Crippen LogP contribution in [0.2, 0.25) is 0 Å². The Labute approximate surface area is 75.4 Å². The molecule has 0 aliphatic heterocycles. The molecule has 0 saturated heterocycles. The van der Waals surface area contributed by atoms with Gasteiger partial charge in [-0.05, 0) is 17.7 Å². The molecule has 4 nitrogen and oxygen atoms in total. The summed E-state index contributed by atoms with van der Waals surface area (Å²) in [6, 6.07) is 6.41. The molecule has 1 aromatic rings. The van der Waals surface area contributed by atoms with E-state index in [1.807, 2.05) is 12.1 Å². The minimum Gasteiger partial charge on any atom is -0.508 e. The predicted octanol–water partition coefficient (Wildman–Crippen LogP) is 0.912. The summed E-state index contributed by atoms with van der Waals surface area (Å²) in [6.07, 6.45) is 0.0922. The van der Waals surface area contributed by atoms with Crippen LogP contribution in [0.25, 0.3) is 0 Å². The number of phenolic OH excluding ortho intramolecular Hbond substituents is 1. The highest BCUT2D eigenvalue weighted by Gasteiger charge is 2.06. The molecule has 0 aliphatic rings. The van der Waals surface area contributed by atoms with Crippen molar-refractivity contribution in [1.82, 2.24) is 0 Å². The van der Waals surface area contributed by atoms with Crippen molar-refractivity contribution in [3.8, 4) is 17.9 Å². The second-order valence-electron chi connectivity index (χ2n) is 2.51. The lowest BCUT2D eigenvalue weighted by atomic mass is 10.1. The number of phenols is 1. The van der Waals surface area contributed by atoms with Gasteiger partial charge >= 0.3 is 0 Å². The molecular formula is C9H7N3O. The smallest absolute Gasteiger partial charge is 0.117 e. The third-order valence-corrected chi connectivity index (χ3v) is 1.64. The van der Waals surface area contributed by atoms with Crippen LogP contribution >= 0.6 is 0 Å². The van der Waals surface area contributed by atoms with Crippen molar-refractivity contribution in [3.05, 3.63) is 23.3 Å². The molecule has 0 atom stereocenters. The Morgan fingerprint density at radius 2 is 2.08 bits per heavy atom. The Hall–Kier alpha value is -2.20. The Morgan fingerprint density at radius 3 is 2.62 bits per heavy atom. The Bertz CT molecular complexity index is 412. The quantitative estimate of drug-likeness (QED) is 0.487. The first kappa shape index (κ1) is 8.89. The van der Waals surface area contributed by atoms with E-state index >= 15 is 0 Å². The molecule has 13 heavy (non-hydrogen) atoms. The van der Waals surface area contributed by atoms with Gasteiger partial charge in [0.05, 0.1) is 23.7 Å². The zero-order chi connectivity index (χ0) is 9.84. The predicted molar refractivity (Wildman–Crippen MR) is 46.6 cm³/mol. The van der Waals surface area contributed by atoms with Gasteiger partial charge in [0.25, 0.3) is 0 Å². The third kappa shape index (κ3) is 1.69. The van der Waals surface area contributed by atoms with Crippen LogP contribution < -0.4 is 5.73 Å². The van der Waals surface area contributed by atoms with Gasteiger partial charge in [-0.2, -0.15) is 10.5 Å². The molecule has 0 aromatic heterocycles. The zero-order valence-corrected chi connectivity index (χ0v) is 6.78. The van der Waals surface area contributed by atoms with Gasteiger partial charge in [-0.1, -0.05) is 0 Å². The SMILES string of the molecule is N#CCc1cc(O)cc(C#N)c1N. The maximum Gasteiger partial charge on any atom is 0.117 e. The topological polar surface area (TPSA) is 93.8 Å². The minimum atomic E-state index is -0.0454. The fourth-order valence-corrected chi connectivity index (χ4v) is 1.02. The van der Waals surface area contributed by atoms with Gasteiger partial charge in [0.1, 0.15) is 11.8 Å². The largest absolute Gasteiger partial charge is 0.508 e. The van der Waals surface area contributed by atoms with Crippen LogP contribution in [0.15, 0.2) is 12.1 Å². The van der Waals surface area contributed by atoms with Crippen molar-refractivity contribution in [2.75, 3.05) is 5.73 Å². The molecule has 0 radical (unpaired) electrons. The summed E-state index contributed by atoms with van der Waals surface area (Å²) in [5, 5.41) is 26.2. The Balaban J connectivity index is 3.31. The maximum atomic E-state index is 9.16. The van der Waals surface area contributed by atoms with Crippen molar-refractivity contribution < 1.29 is 5.11 Å². The van der Waals surface area contributed by atoms with E-state index in [0.717, 1.165) is 0 Å². The summed E-state index contributed by atoms with van der Waals surface area (Å²) < 4.78 is 0. The van der Waals surface area contributed by atoms with Crippen LogP contribution in [0, 0.1) is 22.7 Å². The van der Waals surface area contributed by atoms with E-state index in [-0.39, 0.29) is 23.4 Å². The van der Waals surface area contributed by atoms with E-state index < -0.39 is 0 Å². The number of nitrogens with two attached hydrogens (primary N) is 1. The highest BCUT2D eigenvalue weighted by Crippen LogP contribution is 2.23. The number of hydrogen-bond donors (Lipinski definition) is 2. The van der Waals surface area contributed by atoms with Crippen molar-refractivity contribution in [2.24, 2.45) is 0 Å². The molecule has 0 aliphatic carbocycles. The van der Waals surface area contributed by atoms with E-state index in [1.165, 1.54) is 12.1 Å². The Morgan fingerprint density at radius 1 is 1.38 bits per heavy atom. The number of nitrogens with zero attached hydrogens (tertiary/aromatic N) is 2. The van der Waals surface area contributed by atoms with Gasteiger partial charge in [-0.15, -0.1) is 0 Å². The number of rotatable bonds is 1. The molecule has 0 saturated carbocycles. The average molecular weight is 173 g/mol. The third-order valence-electron chi connectivity index (χ3n) is 1.64. The fraction of sp³-hybridized carbons (Fsp3) is 0.111. The van der Waals surface area contributed by atoms with Crippen LogP contribution in [-0.2, 0) is 6.42 Å². The monoisotopic (exact) mass is 173 g/mol. The lowest BCUT2D eigenvalue weighted by Crippen LogP contribution is -1.96. The van der Waals surface area contributed by atoms with E-state index in [0.29, 0.717) is 5.56 Å². The van der Waals surface area contributed by atoms with Gasteiger partial charge < -0.3 is 10.8 Å². The summed E-state index contributed by atoms with van der Waals surface area (Å²) in [5.74, 6) is -0.0454. The van der Waals surface area contributed by atoms with Crippen molar-refractivity contribution in [3.63, 3.8) is 0 Å². The number of aromatic hydroxyl groups is 1. The molecule has 0 fully saturated rings. The summed E-state index contributed by atoms with van der Waals surface area (Å²) >= 11 is 0. The summed E-state index contributed by atoms with van der Waals surface area (Å²) in [7, 11) is 0. The van der Waals surface area contributed by atoms with E-state index in [2.05, 4.69) is 0 Å². The molecule has 1 aromatic carbocycles. The van der Waals surface area contributed by atoms with Crippen molar-refractivity contribution in [1.29, 1.82) is 10.5 Å². The summed E-state index contributed by atoms with van der Waals surface area (Å²) in [4.78, 5) is 0. The lowest BCUT2D eigenvalue weighted by molar-refractivity contribution is 0.474. The van der Waals surface area contributed by atoms with Gasteiger partial charge in [0.15, 0.2) is 0 Å². The normalized spacial score (nSPS) is 8.77. The average Bonchev–Trinajstić information content (AvgIpc) is 2.11. The number of benzene rings is 1. The first-order chi connectivity index (χ1) is 6.19. The Kier molecular flexibility index (Phi) is 2.37. The number of hydrogen-bond acceptors (Lipinski definition) is 4. The van der Waals surface area contributed by atoms with Crippen LogP contribution in [0.5, 0.6) is 5.75 Å². The summed E-state index contributed by atoms with van der Waals surface area (Å²) in [5.41, 5.74) is 6.51.